The normalized spacial score (nSPS) is 10.5. The van der Waals surface area contributed by atoms with E-state index in [1.54, 1.807) is 0 Å². The van der Waals surface area contributed by atoms with Gasteiger partial charge < -0.3 is 15.0 Å². The minimum absolute atomic E-state index is 0.0198. The van der Waals surface area contributed by atoms with E-state index in [0.29, 0.717) is 0 Å². The number of nitrogens with one attached hydrogen (secondary N) is 2. The average Bonchev–Trinajstić information content (AvgIpc) is 3.12. The molecule has 1 aromatic carbocycles. The van der Waals surface area contributed by atoms with Gasteiger partial charge in [0.15, 0.2) is 17.3 Å². The molecule has 8 nitrogen and oxygen atoms in total. The summed E-state index contributed by atoms with van der Waals surface area (Å²) in [6, 6.07) is 5.66. The Balaban J connectivity index is 1.87. The Bertz CT molecular complexity index is 1070. The Labute approximate surface area is 150 Å². The Morgan fingerprint density at radius 1 is 1.22 bits per heavy atom. The Morgan fingerprint density at radius 3 is 2.59 bits per heavy atom. The van der Waals surface area contributed by atoms with E-state index in [9.17, 15) is 23.2 Å². The second-order valence-corrected chi connectivity index (χ2v) is 5.29. The van der Waals surface area contributed by atoms with Crippen LogP contribution < -0.4 is 10.9 Å². The summed E-state index contributed by atoms with van der Waals surface area (Å²) in [5, 5.41) is 6.11. The molecule has 2 heterocycles. The van der Waals surface area contributed by atoms with E-state index in [1.807, 2.05) is 0 Å². The van der Waals surface area contributed by atoms with Crippen molar-refractivity contribution >= 4 is 17.6 Å². The zero-order chi connectivity index (χ0) is 19.6. The fourth-order valence-corrected chi connectivity index (χ4v) is 2.28. The van der Waals surface area contributed by atoms with E-state index in [-0.39, 0.29) is 16.9 Å². The van der Waals surface area contributed by atoms with Gasteiger partial charge in [-0.05, 0) is 24.3 Å². The van der Waals surface area contributed by atoms with Crippen LogP contribution in [0, 0.1) is 11.6 Å². The highest BCUT2D eigenvalue weighted by molar-refractivity contribution is 6.03. The number of esters is 1. The molecule has 27 heavy (non-hydrogen) atoms. The summed E-state index contributed by atoms with van der Waals surface area (Å²) in [4.78, 5) is 37.9. The van der Waals surface area contributed by atoms with Gasteiger partial charge in [0.05, 0.1) is 12.7 Å². The van der Waals surface area contributed by atoms with Crippen LogP contribution in [0.1, 0.15) is 20.8 Å². The molecule has 3 rings (SSSR count). The molecular formula is C17H12F2N4O4. The lowest BCUT2D eigenvalue weighted by Crippen LogP contribution is -2.21. The third kappa shape index (κ3) is 3.59. The number of hydrogen-bond donors (Lipinski definition) is 2. The Hall–Kier alpha value is -3.82. The van der Waals surface area contributed by atoms with Crippen molar-refractivity contribution in [2.45, 2.75) is 0 Å². The first-order valence-electron chi connectivity index (χ1n) is 7.53. The molecule has 0 fully saturated rings. The second-order valence-electron chi connectivity index (χ2n) is 5.29. The summed E-state index contributed by atoms with van der Waals surface area (Å²) < 4.78 is 33.0. The number of aromatic nitrogens is 3. The first-order chi connectivity index (χ1) is 12.9. The van der Waals surface area contributed by atoms with E-state index in [1.165, 1.54) is 25.4 Å². The molecule has 0 saturated carbocycles. The van der Waals surface area contributed by atoms with Crippen molar-refractivity contribution in [3.8, 4) is 5.69 Å². The standard InChI is InChI=1S/C17H12F2N4O4/c1-27-17(26)9-7-13(15(24)20-8-9)21-16(25)12-5-6-23(22-12)14-10(18)3-2-4-11(14)19/h2-8H,1H3,(H,20,24)(H,21,25). The van der Waals surface area contributed by atoms with Gasteiger partial charge in [-0.1, -0.05) is 6.07 Å². The Morgan fingerprint density at radius 2 is 1.93 bits per heavy atom. The molecule has 0 radical (unpaired) electrons. The van der Waals surface area contributed by atoms with E-state index in [4.69, 9.17) is 0 Å². The molecule has 0 aliphatic heterocycles. The van der Waals surface area contributed by atoms with Gasteiger partial charge in [-0.2, -0.15) is 5.10 Å². The number of halogens is 2. The van der Waals surface area contributed by atoms with Gasteiger partial charge in [-0.3, -0.25) is 9.59 Å². The number of hydrogen-bond acceptors (Lipinski definition) is 5. The molecule has 0 spiro atoms. The molecule has 1 amide bonds. The van der Waals surface area contributed by atoms with Crippen LogP contribution in [0.15, 0.2) is 47.5 Å². The van der Waals surface area contributed by atoms with Crippen LogP contribution in [0.5, 0.6) is 0 Å². The maximum Gasteiger partial charge on any atom is 0.339 e. The number of para-hydroxylation sites is 1. The van der Waals surface area contributed by atoms with Crippen molar-refractivity contribution in [2.24, 2.45) is 0 Å². The smallest absolute Gasteiger partial charge is 0.339 e. The van der Waals surface area contributed by atoms with Crippen LogP contribution in [0.2, 0.25) is 0 Å². The lowest BCUT2D eigenvalue weighted by Gasteiger charge is -2.05. The monoisotopic (exact) mass is 374 g/mol. The lowest BCUT2D eigenvalue weighted by atomic mass is 10.2. The molecule has 0 aliphatic rings. The van der Waals surface area contributed by atoms with E-state index < -0.39 is 34.8 Å². The highest BCUT2D eigenvalue weighted by Gasteiger charge is 2.17. The zero-order valence-electron chi connectivity index (χ0n) is 13.8. The van der Waals surface area contributed by atoms with E-state index in [2.05, 4.69) is 20.1 Å². The minimum atomic E-state index is -0.854. The van der Waals surface area contributed by atoms with Crippen LogP contribution in [0.4, 0.5) is 14.5 Å². The number of carbonyl (C=O) groups is 2. The summed E-state index contributed by atoms with van der Waals surface area (Å²) in [7, 11) is 1.17. The maximum absolute atomic E-state index is 13.8. The van der Waals surface area contributed by atoms with Gasteiger partial charge >= 0.3 is 5.97 Å². The molecule has 0 saturated heterocycles. The molecule has 0 unspecified atom stereocenters. The van der Waals surface area contributed by atoms with Gasteiger partial charge in [-0.15, -0.1) is 0 Å². The first kappa shape index (κ1) is 18.0. The predicted octanol–water partition coefficient (Wildman–Crippen LogP) is 1.88. The van der Waals surface area contributed by atoms with Crippen molar-refractivity contribution in [1.29, 1.82) is 0 Å². The molecule has 138 valence electrons. The number of methoxy groups -OCH3 is 1. The van der Waals surface area contributed by atoms with Crippen molar-refractivity contribution in [1.82, 2.24) is 14.8 Å². The summed E-state index contributed by atoms with van der Waals surface area (Å²) in [5.41, 5.74) is -1.49. The third-order valence-electron chi connectivity index (χ3n) is 3.56. The fraction of sp³-hybridized carbons (Fsp3) is 0.0588. The number of nitrogens with zero attached hydrogens (tertiary/aromatic N) is 2. The van der Waals surface area contributed by atoms with Gasteiger partial charge in [0.25, 0.3) is 11.5 Å². The van der Waals surface area contributed by atoms with Crippen LogP contribution in [-0.4, -0.2) is 33.8 Å². The molecule has 0 atom stereocenters. The quantitative estimate of drug-likeness (QED) is 0.678. The van der Waals surface area contributed by atoms with Crippen molar-refractivity contribution in [3.05, 3.63) is 76.0 Å². The maximum atomic E-state index is 13.8. The number of ether oxygens (including phenoxy) is 1. The van der Waals surface area contributed by atoms with E-state index in [0.717, 1.165) is 29.1 Å². The summed E-state index contributed by atoms with van der Waals surface area (Å²) in [5.74, 6) is -3.22. The van der Waals surface area contributed by atoms with Crippen molar-refractivity contribution < 1.29 is 23.1 Å². The zero-order valence-corrected chi connectivity index (χ0v) is 13.8. The number of amides is 1. The second kappa shape index (κ2) is 7.20. The SMILES string of the molecule is COC(=O)c1c[nH]c(=O)c(NC(=O)c2ccn(-c3c(F)cccc3F)n2)c1. The third-order valence-corrected chi connectivity index (χ3v) is 3.56. The summed E-state index contributed by atoms with van der Waals surface area (Å²) in [6.07, 6.45) is 2.34. The topological polar surface area (TPSA) is 106 Å². The fourth-order valence-electron chi connectivity index (χ4n) is 2.28. The Kier molecular flexibility index (Phi) is 4.79. The van der Waals surface area contributed by atoms with Gasteiger partial charge in [0.1, 0.15) is 11.4 Å². The molecule has 2 aromatic heterocycles. The van der Waals surface area contributed by atoms with Crippen LogP contribution >= 0.6 is 0 Å². The first-order valence-corrected chi connectivity index (χ1v) is 7.53. The summed E-state index contributed by atoms with van der Waals surface area (Å²) >= 11 is 0. The predicted molar refractivity (Wildman–Crippen MR) is 89.8 cm³/mol. The number of pyridine rings is 1. The lowest BCUT2D eigenvalue weighted by molar-refractivity contribution is 0.0600. The largest absolute Gasteiger partial charge is 0.465 e. The van der Waals surface area contributed by atoms with Crippen molar-refractivity contribution in [3.63, 3.8) is 0 Å². The molecule has 0 bridgehead atoms. The molecule has 10 heteroatoms. The van der Waals surface area contributed by atoms with Gasteiger partial charge in [0.2, 0.25) is 0 Å². The molecule has 3 aromatic rings. The number of carbonyl (C=O) groups excluding carboxylic acids is 2. The molecule has 2 N–H and O–H groups in total. The molecule has 0 aliphatic carbocycles. The number of anilines is 1. The number of H-pyrrole nitrogens is 1. The number of aromatic amines is 1. The highest BCUT2D eigenvalue weighted by Crippen LogP contribution is 2.17. The average molecular weight is 374 g/mol. The van der Waals surface area contributed by atoms with Crippen LogP contribution in [-0.2, 0) is 4.74 Å². The van der Waals surface area contributed by atoms with Crippen molar-refractivity contribution in [2.75, 3.05) is 12.4 Å². The van der Waals surface area contributed by atoms with Gasteiger partial charge in [0, 0.05) is 12.4 Å². The summed E-state index contributed by atoms with van der Waals surface area (Å²) in [6.45, 7) is 0. The minimum Gasteiger partial charge on any atom is -0.465 e. The van der Waals surface area contributed by atoms with Crippen LogP contribution in [0.3, 0.4) is 0 Å². The van der Waals surface area contributed by atoms with Crippen LogP contribution in [0.25, 0.3) is 5.69 Å². The number of benzene rings is 1. The number of rotatable bonds is 4. The van der Waals surface area contributed by atoms with Gasteiger partial charge in [-0.25, -0.2) is 18.3 Å². The van der Waals surface area contributed by atoms with E-state index >= 15 is 0 Å². The molecular weight excluding hydrogens is 362 g/mol. The highest BCUT2D eigenvalue weighted by atomic mass is 19.1.